The fourth-order valence-electron chi connectivity index (χ4n) is 2.59. The summed E-state index contributed by atoms with van der Waals surface area (Å²) in [6, 6.07) is 7.93. The highest BCUT2D eigenvalue weighted by molar-refractivity contribution is 6.22. The Morgan fingerprint density at radius 1 is 1.08 bits per heavy atom. The molecule has 0 atom stereocenters. The molecule has 24 heavy (non-hydrogen) atoms. The van der Waals surface area contributed by atoms with Gasteiger partial charge in [0.05, 0.1) is 11.1 Å². The molecule has 0 saturated carbocycles. The molecule has 0 spiro atoms. The van der Waals surface area contributed by atoms with Gasteiger partial charge in [0.2, 0.25) is 0 Å². The van der Waals surface area contributed by atoms with Gasteiger partial charge in [0.25, 0.3) is 17.7 Å². The van der Waals surface area contributed by atoms with Crippen LogP contribution in [-0.4, -0.2) is 34.2 Å². The van der Waals surface area contributed by atoms with Crippen molar-refractivity contribution < 1.29 is 14.4 Å². The minimum atomic E-state index is -0.337. The summed E-state index contributed by atoms with van der Waals surface area (Å²) in [5.74, 6) is -0.956. The standard InChI is InChI=1S/C18H17N3O3/c1-2-3-10-21-17(23)14-5-4-12(11-15(14)18(21)24)16(22)20-13-6-8-19-9-7-13/h4-9,11H,2-3,10H2,1H3,(H,19,20,22). The summed E-state index contributed by atoms with van der Waals surface area (Å²) in [4.78, 5) is 42.1. The van der Waals surface area contributed by atoms with Gasteiger partial charge in [0.15, 0.2) is 0 Å². The highest BCUT2D eigenvalue weighted by Gasteiger charge is 2.35. The average molecular weight is 323 g/mol. The summed E-state index contributed by atoms with van der Waals surface area (Å²) in [7, 11) is 0. The van der Waals surface area contributed by atoms with Gasteiger partial charge in [-0.25, -0.2) is 0 Å². The van der Waals surface area contributed by atoms with Crippen molar-refractivity contribution in [1.29, 1.82) is 0 Å². The third-order valence-corrected chi connectivity index (χ3v) is 3.91. The van der Waals surface area contributed by atoms with Crippen molar-refractivity contribution in [3.05, 3.63) is 59.4 Å². The first-order chi connectivity index (χ1) is 11.6. The molecule has 6 heteroatoms. The van der Waals surface area contributed by atoms with Crippen LogP contribution in [0.25, 0.3) is 0 Å². The van der Waals surface area contributed by atoms with Gasteiger partial charge in [-0.15, -0.1) is 0 Å². The minimum Gasteiger partial charge on any atom is -0.322 e. The number of imide groups is 1. The van der Waals surface area contributed by atoms with Crippen LogP contribution in [0, 0.1) is 0 Å². The number of nitrogens with one attached hydrogen (secondary N) is 1. The van der Waals surface area contributed by atoms with Crippen LogP contribution < -0.4 is 5.32 Å². The summed E-state index contributed by atoms with van der Waals surface area (Å²) in [6.07, 6.45) is 4.81. The van der Waals surface area contributed by atoms with E-state index in [0.29, 0.717) is 28.9 Å². The maximum absolute atomic E-state index is 12.4. The predicted molar refractivity (Wildman–Crippen MR) is 88.9 cm³/mol. The molecule has 0 saturated heterocycles. The second-order valence-corrected chi connectivity index (χ2v) is 5.57. The molecule has 0 bridgehead atoms. The van der Waals surface area contributed by atoms with Gasteiger partial charge in [-0.3, -0.25) is 24.3 Å². The lowest BCUT2D eigenvalue weighted by atomic mass is 10.1. The normalized spacial score (nSPS) is 13.1. The fraction of sp³-hybridized carbons (Fsp3) is 0.222. The fourth-order valence-corrected chi connectivity index (χ4v) is 2.59. The van der Waals surface area contributed by atoms with E-state index in [1.54, 1.807) is 36.7 Å². The van der Waals surface area contributed by atoms with Gasteiger partial charge in [0, 0.05) is 30.2 Å². The van der Waals surface area contributed by atoms with Crippen LogP contribution in [0.2, 0.25) is 0 Å². The third-order valence-electron chi connectivity index (χ3n) is 3.91. The molecule has 0 fully saturated rings. The van der Waals surface area contributed by atoms with E-state index >= 15 is 0 Å². The van der Waals surface area contributed by atoms with Crippen LogP contribution in [0.3, 0.4) is 0 Å². The Morgan fingerprint density at radius 3 is 2.50 bits per heavy atom. The first-order valence-corrected chi connectivity index (χ1v) is 7.83. The molecule has 0 radical (unpaired) electrons. The van der Waals surface area contributed by atoms with Crippen molar-refractivity contribution in [1.82, 2.24) is 9.88 Å². The van der Waals surface area contributed by atoms with Crippen molar-refractivity contribution in [2.75, 3.05) is 11.9 Å². The molecule has 1 aromatic carbocycles. The first kappa shape index (κ1) is 15.9. The van der Waals surface area contributed by atoms with Gasteiger partial charge < -0.3 is 5.32 Å². The Bertz CT molecular complexity index is 802. The molecule has 0 unspecified atom stereocenters. The van der Waals surface area contributed by atoms with Crippen LogP contribution >= 0.6 is 0 Å². The second kappa shape index (κ2) is 6.62. The van der Waals surface area contributed by atoms with E-state index in [2.05, 4.69) is 10.3 Å². The zero-order valence-electron chi connectivity index (χ0n) is 13.3. The Morgan fingerprint density at radius 2 is 1.79 bits per heavy atom. The molecule has 2 heterocycles. The number of fused-ring (bicyclic) bond motifs is 1. The largest absolute Gasteiger partial charge is 0.322 e. The number of anilines is 1. The molecule has 3 amide bonds. The van der Waals surface area contributed by atoms with Crippen molar-refractivity contribution in [3.63, 3.8) is 0 Å². The number of rotatable bonds is 5. The Kier molecular flexibility index (Phi) is 4.37. The topological polar surface area (TPSA) is 79.4 Å². The van der Waals surface area contributed by atoms with E-state index in [9.17, 15) is 14.4 Å². The van der Waals surface area contributed by atoms with E-state index in [4.69, 9.17) is 0 Å². The van der Waals surface area contributed by atoms with Crippen LogP contribution in [0.5, 0.6) is 0 Å². The molecule has 2 aromatic rings. The van der Waals surface area contributed by atoms with E-state index in [1.807, 2.05) is 6.92 Å². The lowest BCUT2D eigenvalue weighted by Gasteiger charge is -2.12. The number of unbranched alkanes of at least 4 members (excludes halogenated alkanes) is 1. The van der Waals surface area contributed by atoms with E-state index in [-0.39, 0.29) is 17.7 Å². The number of hydrogen-bond donors (Lipinski definition) is 1. The summed E-state index contributed by atoms with van der Waals surface area (Å²) in [5, 5.41) is 2.73. The average Bonchev–Trinajstić information content (AvgIpc) is 2.84. The van der Waals surface area contributed by atoms with Gasteiger partial charge in [-0.05, 0) is 36.8 Å². The summed E-state index contributed by atoms with van der Waals surface area (Å²) in [6.45, 7) is 2.40. The van der Waals surface area contributed by atoms with Crippen molar-refractivity contribution in [2.45, 2.75) is 19.8 Å². The van der Waals surface area contributed by atoms with Gasteiger partial charge >= 0.3 is 0 Å². The number of nitrogens with zero attached hydrogens (tertiary/aromatic N) is 2. The monoisotopic (exact) mass is 323 g/mol. The maximum Gasteiger partial charge on any atom is 0.261 e. The number of carbonyl (C=O) groups excluding carboxylic acids is 3. The molecule has 6 nitrogen and oxygen atoms in total. The number of carbonyl (C=O) groups is 3. The zero-order valence-corrected chi connectivity index (χ0v) is 13.3. The number of amides is 3. The van der Waals surface area contributed by atoms with E-state index < -0.39 is 0 Å². The van der Waals surface area contributed by atoms with Crippen LogP contribution in [-0.2, 0) is 0 Å². The van der Waals surface area contributed by atoms with E-state index in [1.165, 1.54) is 11.0 Å². The van der Waals surface area contributed by atoms with Gasteiger partial charge in [-0.1, -0.05) is 13.3 Å². The van der Waals surface area contributed by atoms with Gasteiger partial charge in [-0.2, -0.15) is 0 Å². The first-order valence-electron chi connectivity index (χ1n) is 7.83. The van der Waals surface area contributed by atoms with Gasteiger partial charge in [0.1, 0.15) is 0 Å². The summed E-state index contributed by atoms with van der Waals surface area (Å²) >= 11 is 0. The number of pyridine rings is 1. The second-order valence-electron chi connectivity index (χ2n) is 5.57. The number of aromatic nitrogens is 1. The molecule has 3 rings (SSSR count). The molecule has 122 valence electrons. The molecular formula is C18H17N3O3. The Balaban J connectivity index is 1.83. The zero-order chi connectivity index (χ0) is 17.1. The third kappa shape index (κ3) is 2.90. The molecule has 1 aliphatic rings. The van der Waals surface area contributed by atoms with Crippen molar-refractivity contribution >= 4 is 23.4 Å². The SMILES string of the molecule is CCCCN1C(=O)c2ccc(C(=O)Nc3ccncc3)cc2C1=O. The molecule has 1 N–H and O–H groups in total. The Hall–Kier alpha value is -3.02. The number of hydrogen-bond acceptors (Lipinski definition) is 4. The van der Waals surface area contributed by atoms with Crippen LogP contribution in [0.4, 0.5) is 5.69 Å². The lowest BCUT2D eigenvalue weighted by Crippen LogP contribution is -2.30. The van der Waals surface area contributed by atoms with E-state index in [0.717, 1.165) is 12.8 Å². The molecule has 0 aliphatic carbocycles. The van der Waals surface area contributed by atoms with Crippen molar-refractivity contribution in [2.24, 2.45) is 0 Å². The predicted octanol–water partition coefficient (Wildman–Crippen LogP) is 2.73. The maximum atomic E-state index is 12.4. The highest BCUT2D eigenvalue weighted by atomic mass is 16.2. The molecular weight excluding hydrogens is 306 g/mol. The van der Waals surface area contributed by atoms with Crippen LogP contribution in [0.1, 0.15) is 50.8 Å². The minimum absolute atomic E-state index is 0.287. The van der Waals surface area contributed by atoms with Crippen molar-refractivity contribution in [3.8, 4) is 0 Å². The number of benzene rings is 1. The lowest BCUT2D eigenvalue weighted by molar-refractivity contribution is 0.0652. The molecule has 1 aliphatic heterocycles. The smallest absolute Gasteiger partial charge is 0.261 e. The summed E-state index contributed by atoms with van der Waals surface area (Å²) in [5.41, 5.74) is 1.60. The summed E-state index contributed by atoms with van der Waals surface area (Å²) < 4.78 is 0. The highest BCUT2D eigenvalue weighted by Crippen LogP contribution is 2.24. The van der Waals surface area contributed by atoms with Crippen LogP contribution in [0.15, 0.2) is 42.7 Å². The Labute approximate surface area is 139 Å². The molecule has 1 aromatic heterocycles. The quantitative estimate of drug-likeness (QED) is 0.858.